The molecule has 188 valence electrons. The molecule has 1 aliphatic heterocycles. The van der Waals surface area contributed by atoms with E-state index in [1.165, 1.54) is 12.5 Å². The molecular formula is C27H35N3O4S. The van der Waals surface area contributed by atoms with E-state index in [0.717, 1.165) is 49.0 Å². The van der Waals surface area contributed by atoms with Crippen molar-refractivity contribution < 1.29 is 18.0 Å². The second kappa shape index (κ2) is 10.5. The fourth-order valence-corrected chi connectivity index (χ4v) is 6.47. The molecule has 8 heteroatoms. The Balaban J connectivity index is 1.29. The Labute approximate surface area is 208 Å². The number of aryl methyl sites for hydroxylation is 1. The molecule has 2 N–H and O–H groups in total. The number of hydrogen-bond donors (Lipinski definition) is 2. The highest BCUT2D eigenvalue weighted by Gasteiger charge is 2.31. The molecule has 1 heterocycles. The van der Waals surface area contributed by atoms with E-state index >= 15 is 0 Å². The molecule has 2 aromatic carbocycles. The molecule has 2 aliphatic rings. The molecule has 0 aromatic heterocycles. The van der Waals surface area contributed by atoms with E-state index in [2.05, 4.69) is 17.0 Å². The SMILES string of the molecule is CCc1cccc(NC(=O)C2CCC(CNS(=O)(=O)c3ccc4c(c3)CC(C)N4C(C)=O)CC2)c1. The number of rotatable bonds is 7. The lowest BCUT2D eigenvalue weighted by molar-refractivity contribution is -0.121. The second-order valence-electron chi connectivity index (χ2n) is 9.85. The third-order valence-corrected chi connectivity index (χ3v) is 8.72. The molecule has 1 atom stereocenters. The zero-order valence-electron chi connectivity index (χ0n) is 20.7. The van der Waals surface area contributed by atoms with Gasteiger partial charge in [-0.3, -0.25) is 9.59 Å². The van der Waals surface area contributed by atoms with Gasteiger partial charge in [0.15, 0.2) is 0 Å². The van der Waals surface area contributed by atoms with E-state index in [4.69, 9.17) is 0 Å². The van der Waals surface area contributed by atoms with Gasteiger partial charge in [0.2, 0.25) is 21.8 Å². The molecular weight excluding hydrogens is 462 g/mol. The molecule has 35 heavy (non-hydrogen) atoms. The molecule has 0 bridgehead atoms. The highest BCUT2D eigenvalue weighted by atomic mass is 32.2. The molecule has 1 saturated carbocycles. The van der Waals surface area contributed by atoms with Gasteiger partial charge in [-0.2, -0.15) is 0 Å². The summed E-state index contributed by atoms with van der Waals surface area (Å²) in [5, 5.41) is 3.04. The quantitative estimate of drug-likeness (QED) is 0.597. The molecule has 0 spiro atoms. The lowest BCUT2D eigenvalue weighted by atomic mass is 9.81. The summed E-state index contributed by atoms with van der Waals surface area (Å²) >= 11 is 0. The van der Waals surface area contributed by atoms with Crippen molar-refractivity contribution >= 4 is 33.2 Å². The van der Waals surface area contributed by atoms with E-state index < -0.39 is 10.0 Å². The first-order valence-corrected chi connectivity index (χ1v) is 14.0. The van der Waals surface area contributed by atoms with Gasteiger partial charge in [-0.15, -0.1) is 0 Å². The van der Waals surface area contributed by atoms with Crippen molar-refractivity contribution in [1.82, 2.24) is 4.72 Å². The van der Waals surface area contributed by atoms with Crippen molar-refractivity contribution in [3.05, 3.63) is 53.6 Å². The van der Waals surface area contributed by atoms with Crippen molar-refractivity contribution in [3.8, 4) is 0 Å². The first-order valence-electron chi connectivity index (χ1n) is 12.5. The molecule has 1 fully saturated rings. The van der Waals surface area contributed by atoms with Gasteiger partial charge in [-0.05, 0) is 92.8 Å². The van der Waals surface area contributed by atoms with Gasteiger partial charge in [-0.25, -0.2) is 13.1 Å². The summed E-state index contributed by atoms with van der Waals surface area (Å²) in [4.78, 5) is 26.6. The van der Waals surface area contributed by atoms with Gasteiger partial charge in [0, 0.05) is 36.8 Å². The lowest BCUT2D eigenvalue weighted by Crippen LogP contribution is -2.34. The first kappa shape index (κ1) is 25.4. The molecule has 2 amide bonds. The number of fused-ring (bicyclic) bond motifs is 1. The third-order valence-electron chi connectivity index (χ3n) is 7.30. The van der Waals surface area contributed by atoms with Crippen LogP contribution in [0.4, 0.5) is 11.4 Å². The number of nitrogens with one attached hydrogen (secondary N) is 2. The number of amides is 2. The van der Waals surface area contributed by atoms with Crippen molar-refractivity contribution in [2.24, 2.45) is 11.8 Å². The number of hydrogen-bond acceptors (Lipinski definition) is 4. The summed E-state index contributed by atoms with van der Waals surface area (Å²) in [6.45, 7) is 5.94. The summed E-state index contributed by atoms with van der Waals surface area (Å²) in [6.07, 6.45) is 4.70. The number of carbonyl (C=O) groups excluding carboxylic acids is 2. The topological polar surface area (TPSA) is 95.6 Å². The van der Waals surface area contributed by atoms with Crippen LogP contribution in [0, 0.1) is 11.8 Å². The minimum absolute atomic E-state index is 0.0244. The zero-order valence-corrected chi connectivity index (χ0v) is 21.5. The number of sulfonamides is 1. The largest absolute Gasteiger partial charge is 0.326 e. The van der Waals surface area contributed by atoms with Crippen LogP contribution in [0.2, 0.25) is 0 Å². The van der Waals surface area contributed by atoms with Crippen molar-refractivity contribution in [2.75, 3.05) is 16.8 Å². The highest BCUT2D eigenvalue weighted by Crippen LogP contribution is 2.34. The van der Waals surface area contributed by atoms with Crippen LogP contribution in [-0.2, 0) is 32.5 Å². The Kier molecular flexibility index (Phi) is 7.62. The average molecular weight is 498 g/mol. The van der Waals surface area contributed by atoms with E-state index in [1.807, 2.05) is 31.2 Å². The van der Waals surface area contributed by atoms with Crippen LogP contribution in [-0.4, -0.2) is 32.8 Å². The standard InChI is InChI=1S/C27H35N3O4S/c1-4-20-6-5-7-24(15-20)29-27(32)22-10-8-21(9-11-22)17-28-35(33,34)25-12-13-26-23(16-25)14-18(2)30(26)19(3)31/h5-7,12-13,15-16,18,21-22,28H,4,8-11,14,17H2,1-3H3,(H,29,32). The van der Waals surface area contributed by atoms with Gasteiger partial charge in [0.1, 0.15) is 0 Å². The van der Waals surface area contributed by atoms with Crippen LogP contribution in [0.15, 0.2) is 47.4 Å². The number of benzene rings is 2. The summed E-state index contributed by atoms with van der Waals surface area (Å²) in [7, 11) is -3.65. The maximum absolute atomic E-state index is 12.9. The number of carbonyl (C=O) groups is 2. The van der Waals surface area contributed by atoms with Crippen LogP contribution in [0.25, 0.3) is 0 Å². The Bertz CT molecular complexity index is 1200. The van der Waals surface area contributed by atoms with Gasteiger partial charge in [0.25, 0.3) is 0 Å². The maximum atomic E-state index is 12.9. The summed E-state index contributed by atoms with van der Waals surface area (Å²) in [6, 6.07) is 12.9. The number of anilines is 2. The summed E-state index contributed by atoms with van der Waals surface area (Å²) < 4.78 is 28.7. The number of nitrogens with zero attached hydrogens (tertiary/aromatic N) is 1. The van der Waals surface area contributed by atoms with Crippen LogP contribution in [0.3, 0.4) is 0 Å². The van der Waals surface area contributed by atoms with E-state index in [0.29, 0.717) is 13.0 Å². The normalized spacial score (nSPS) is 22.0. The van der Waals surface area contributed by atoms with Crippen LogP contribution in [0.1, 0.15) is 57.6 Å². The van der Waals surface area contributed by atoms with Crippen LogP contribution < -0.4 is 14.9 Å². The molecule has 7 nitrogen and oxygen atoms in total. The molecule has 0 radical (unpaired) electrons. The van der Waals surface area contributed by atoms with Gasteiger partial charge in [-0.1, -0.05) is 19.1 Å². The van der Waals surface area contributed by atoms with Crippen molar-refractivity contribution in [1.29, 1.82) is 0 Å². The minimum atomic E-state index is -3.65. The summed E-state index contributed by atoms with van der Waals surface area (Å²) in [5.41, 5.74) is 3.70. The fourth-order valence-electron chi connectivity index (χ4n) is 5.31. The van der Waals surface area contributed by atoms with Gasteiger partial charge < -0.3 is 10.2 Å². The van der Waals surface area contributed by atoms with Crippen molar-refractivity contribution in [2.45, 2.75) is 70.2 Å². The van der Waals surface area contributed by atoms with Gasteiger partial charge >= 0.3 is 0 Å². The Morgan fingerprint density at radius 2 is 1.80 bits per heavy atom. The smallest absolute Gasteiger partial charge is 0.240 e. The maximum Gasteiger partial charge on any atom is 0.240 e. The lowest BCUT2D eigenvalue weighted by Gasteiger charge is -2.28. The average Bonchev–Trinajstić information content (AvgIpc) is 3.18. The van der Waals surface area contributed by atoms with E-state index in [-0.39, 0.29) is 34.6 Å². The zero-order chi connectivity index (χ0) is 25.2. The van der Waals surface area contributed by atoms with Crippen molar-refractivity contribution in [3.63, 3.8) is 0 Å². The third kappa shape index (κ3) is 5.76. The monoisotopic (exact) mass is 497 g/mol. The predicted molar refractivity (Wildman–Crippen MR) is 138 cm³/mol. The fraction of sp³-hybridized carbons (Fsp3) is 0.481. The second-order valence-corrected chi connectivity index (χ2v) is 11.6. The van der Waals surface area contributed by atoms with E-state index in [1.54, 1.807) is 23.1 Å². The Hall–Kier alpha value is -2.71. The predicted octanol–water partition coefficient (Wildman–Crippen LogP) is 4.27. The van der Waals surface area contributed by atoms with Crippen LogP contribution >= 0.6 is 0 Å². The minimum Gasteiger partial charge on any atom is -0.326 e. The first-order chi connectivity index (χ1) is 16.7. The highest BCUT2D eigenvalue weighted by molar-refractivity contribution is 7.89. The van der Waals surface area contributed by atoms with E-state index in [9.17, 15) is 18.0 Å². The Morgan fingerprint density at radius 3 is 2.49 bits per heavy atom. The van der Waals surface area contributed by atoms with Crippen LogP contribution in [0.5, 0.6) is 0 Å². The molecule has 4 rings (SSSR count). The Morgan fingerprint density at radius 1 is 1.06 bits per heavy atom. The molecule has 2 aromatic rings. The molecule has 1 unspecified atom stereocenters. The van der Waals surface area contributed by atoms with Gasteiger partial charge in [0.05, 0.1) is 4.90 Å². The molecule has 0 saturated heterocycles. The molecule has 1 aliphatic carbocycles. The summed E-state index contributed by atoms with van der Waals surface area (Å²) in [5.74, 6) is 0.170.